The summed E-state index contributed by atoms with van der Waals surface area (Å²) in [5, 5.41) is 6.74. The molecule has 27 heavy (non-hydrogen) atoms. The number of rotatable bonds is 10. The highest BCUT2D eigenvalue weighted by Crippen LogP contribution is 2.14. The topological polar surface area (TPSA) is 85.8 Å². The summed E-state index contributed by atoms with van der Waals surface area (Å²) in [7, 11) is -1.89. The van der Waals surface area contributed by atoms with Crippen LogP contribution in [0.2, 0.25) is 5.02 Å². The minimum Gasteiger partial charge on any atom is -0.355 e. The van der Waals surface area contributed by atoms with Crippen LogP contribution in [-0.4, -0.2) is 64.6 Å². The van der Waals surface area contributed by atoms with Crippen molar-refractivity contribution in [2.24, 2.45) is 4.99 Å². The zero-order valence-corrected chi connectivity index (χ0v) is 18.4. The van der Waals surface area contributed by atoms with Gasteiger partial charge in [0, 0.05) is 50.3 Å². The molecular formula is C18H32ClN5O2S. The highest BCUT2D eigenvalue weighted by molar-refractivity contribution is 7.89. The summed E-state index contributed by atoms with van der Waals surface area (Å²) in [6, 6.07) is 7.13. The van der Waals surface area contributed by atoms with Crippen LogP contribution >= 0.6 is 11.6 Å². The van der Waals surface area contributed by atoms with E-state index in [1.165, 1.54) is 12.1 Å². The van der Waals surface area contributed by atoms with Crippen LogP contribution in [0.25, 0.3) is 0 Å². The number of guanidine groups is 1. The van der Waals surface area contributed by atoms with E-state index in [9.17, 15) is 8.42 Å². The molecule has 0 amide bonds. The number of hydrogen-bond donors (Lipinski definition) is 3. The van der Waals surface area contributed by atoms with Crippen molar-refractivity contribution in [3.05, 3.63) is 29.3 Å². The van der Waals surface area contributed by atoms with Crippen molar-refractivity contribution < 1.29 is 8.42 Å². The van der Waals surface area contributed by atoms with E-state index in [1.807, 2.05) is 0 Å². The van der Waals surface area contributed by atoms with Gasteiger partial charge in [-0.15, -0.1) is 0 Å². The fraction of sp³-hybridized carbons (Fsp3) is 0.611. The number of hydrogen-bond acceptors (Lipinski definition) is 4. The first-order valence-corrected chi connectivity index (χ1v) is 11.0. The second-order valence-electron chi connectivity index (χ2n) is 6.71. The first-order valence-electron chi connectivity index (χ1n) is 9.13. The molecule has 154 valence electrons. The molecule has 0 spiro atoms. The molecule has 9 heteroatoms. The minimum atomic E-state index is -3.58. The van der Waals surface area contributed by atoms with Crippen molar-refractivity contribution in [3.8, 4) is 0 Å². The Labute approximate surface area is 168 Å². The highest BCUT2D eigenvalue weighted by Gasteiger charge is 2.14. The monoisotopic (exact) mass is 417 g/mol. The molecule has 0 heterocycles. The van der Waals surface area contributed by atoms with Gasteiger partial charge in [0.1, 0.15) is 0 Å². The largest absolute Gasteiger partial charge is 0.355 e. The average Bonchev–Trinajstić information content (AvgIpc) is 2.59. The molecule has 0 aliphatic rings. The van der Waals surface area contributed by atoms with E-state index in [0.717, 1.165) is 13.1 Å². The molecule has 1 aromatic carbocycles. The van der Waals surface area contributed by atoms with E-state index in [4.69, 9.17) is 11.6 Å². The number of aliphatic imine (C=N–C) groups is 1. The van der Waals surface area contributed by atoms with Crippen LogP contribution in [0.1, 0.15) is 27.7 Å². The lowest BCUT2D eigenvalue weighted by atomic mass is 10.2. The summed E-state index contributed by atoms with van der Waals surface area (Å²) < 4.78 is 27.0. The second kappa shape index (κ2) is 11.5. The minimum absolute atomic E-state index is 0.153. The average molecular weight is 418 g/mol. The fourth-order valence-corrected chi connectivity index (χ4v) is 4.05. The molecule has 0 radical (unpaired) electrons. The lowest BCUT2D eigenvalue weighted by molar-refractivity contribution is 0.178. The normalized spacial score (nSPS) is 12.9. The van der Waals surface area contributed by atoms with Crippen LogP contribution in [0, 0.1) is 0 Å². The van der Waals surface area contributed by atoms with Crippen LogP contribution in [0.4, 0.5) is 0 Å². The van der Waals surface area contributed by atoms with Crippen molar-refractivity contribution in [2.45, 2.75) is 44.7 Å². The molecule has 3 N–H and O–H groups in total. The van der Waals surface area contributed by atoms with Gasteiger partial charge in [0.25, 0.3) is 0 Å². The molecule has 0 aliphatic carbocycles. The predicted molar refractivity (Wildman–Crippen MR) is 113 cm³/mol. The van der Waals surface area contributed by atoms with Crippen LogP contribution in [0.15, 0.2) is 34.2 Å². The molecule has 0 saturated carbocycles. The smallest absolute Gasteiger partial charge is 0.240 e. The number of halogens is 1. The van der Waals surface area contributed by atoms with Gasteiger partial charge >= 0.3 is 0 Å². The maximum Gasteiger partial charge on any atom is 0.240 e. The molecule has 1 rings (SSSR count). The van der Waals surface area contributed by atoms with Crippen molar-refractivity contribution in [1.29, 1.82) is 0 Å². The van der Waals surface area contributed by atoms with Gasteiger partial charge in [-0.2, -0.15) is 0 Å². The molecule has 0 aliphatic heterocycles. The Morgan fingerprint density at radius 1 is 1.11 bits per heavy atom. The van der Waals surface area contributed by atoms with Gasteiger partial charge in [0.15, 0.2) is 5.96 Å². The van der Waals surface area contributed by atoms with E-state index in [0.29, 0.717) is 29.6 Å². The van der Waals surface area contributed by atoms with Crippen molar-refractivity contribution in [2.75, 3.05) is 33.2 Å². The third kappa shape index (κ3) is 8.47. The molecule has 0 unspecified atom stereocenters. The van der Waals surface area contributed by atoms with Crippen molar-refractivity contribution >= 4 is 27.6 Å². The van der Waals surface area contributed by atoms with Crippen molar-refractivity contribution in [3.63, 3.8) is 0 Å². The van der Waals surface area contributed by atoms with Gasteiger partial charge in [-0.1, -0.05) is 17.7 Å². The Morgan fingerprint density at radius 2 is 1.74 bits per heavy atom. The Balaban J connectivity index is 2.39. The Bertz CT molecular complexity index is 699. The Kier molecular flexibility index (Phi) is 10.1. The summed E-state index contributed by atoms with van der Waals surface area (Å²) in [6.45, 7) is 11.0. The van der Waals surface area contributed by atoms with Gasteiger partial charge < -0.3 is 10.6 Å². The highest BCUT2D eigenvalue weighted by atomic mass is 35.5. The number of nitrogens with one attached hydrogen (secondary N) is 3. The summed E-state index contributed by atoms with van der Waals surface area (Å²) in [4.78, 5) is 6.70. The number of nitrogens with zero attached hydrogens (tertiary/aromatic N) is 2. The molecule has 0 bridgehead atoms. The first-order chi connectivity index (χ1) is 12.7. The van der Waals surface area contributed by atoms with Gasteiger partial charge in [-0.25, -0.2) is 13.1 Å². The van der Waals surface area contributed by atoms with Gasteiger partial charge in [0.05, 0.1) is 4.90 Å². The lowest BCUT2D eigenvalue weighted by Gasteiger charge is -2.30. The first kappa shape index (κ1) is 23.7. The summed E-state index contributed by atoms with van der Waals surface area (Å²) >= 11 is 5.85. The molecule has 0 aromatic heterocycles. The van der Waals surface area contributed by atoms with Crippen LogP contribution < -0.4 is 15.4 Å². The van der Waals surface area contributed by atoms with Crippen LogP contribution in [-0.2, 0) is 10.0 Å². The molecule has 0 atom stereocenters. The zero-order valence-electron chi connectivity index (χ0n) is 16.8. The van der Waals surface area contributed by atoms with Crippen molar-refractivity contribution in [1.82, 2.24) is 20.3 Å². The van der Waals surface area contributed by atoms with E-state index in [2.05, 4.69) is 52.9 Å². The fourth-order valence-electron chi connectivity index (χ4n) is 2.72. The van der Waals surface area contributed by atoms with Crippen LogP contribution in [0.5, 0.6) is 0 Å². The van der Waals surface area contributed by atoms with E-state index >= 15 is 0 Å². The van der Waals surface area contributed by atoms with Crippen LogP contribution in [0.3, 0.4) is 0 Å². The summed E-state index contributed by atoms with van der Waals surface area (Å²) in [5.74, 6) is 0.643. The second-order valence-corrected chi connectivity index (χ2v) is 8.91. The predicted octanol–water partition coefficient (Wildman–Crippen LogP) is 1.90. The quantitative estimate of drug-likeness (QED) is 0.307. The third-order valence-corrected chi connectivity index (χ3v) is 5.72. The molecule has 1 aromatic rings. The number of sulfonamides is 1. The van der Waals surface area contributed by atoms with E-state index in [1.54, 1.807) is 19.2 Å². The maximum absolute atomic E-state index is 12.2. The van der Waals surface area contributed by atoms with Gasteiger partial charge in [0.2, 0.25) is 10.0 Å². The van der Waals surface area contributed by atoms with E-state index in [-0.39, 0.29) is 11.4 Å². The standard InChI is InChI=1S/C18H32ClN5O2S/c1-14(2)24(15(3)4)12-11-22-18(20-5)21-9-10-23-27(25,26)17-8-6-7-16(19)13-17/h6-8,13-15,23H,9-12H2,1-5H3,(H2,20,21,22). The number of benzene rings is 1. The van der Waals surface area contributed by atoms with E-state index < -0.39 is 10.0 Å². The molecule has 7 nitrogen and oxygen atoms in total. The Hall–Kier alpha value is -1.35. The summed E-state index contributed by atoms with van der Waals surface area (Å²) in [5.41, 5.74) is 0. The summed E-state index contributed by atoms with van der Waals surface area (Å²) in [6.07, 6.45) is 0. The lowest BCUT2D eigenvalue weighted by Crippen LogP contribution is -2.46. The maximum atomic E-state index is 12.2. The SMILES string of the molecule is CN=C(NCCNS(=O)(=O)c1cccc(Cl)c1)NCCN(C(C)C)C(C)C. The third-order valence-electron chi connectivity index (χ3n) is 4.03. The molecule has 0 saturated heterocycles. The molecule has 0 fully saturated rings. The van der Waals surface area contributed by atoms with Gasteiger partial charge in [-0.3, -0.25) is 9.89 Å². The Morgan fingerprint density at radius 3 is 2.30 bits per heavy atom. The zero-order chi connectivity index (χ0) is 20.4. The molecular weight excluding hydrogens is 386 g/mol. The van der Waals surface area contributed by atoms with Gasteiger partial charge in [-0.05, 0) is 45.9 Å².